The summed E-state index contributed by atoms with van der Waals surface area (Å²) in [6, 6.07) is 73.6. The van der Waals surface area contributed by atoms with Crippen molar-refractivity contribution in [3.05, 3.63) is 212 Å². The number of nitrogens with zero attached hydrogens (tertiary/aromatic N) is 3. The maximum atomic E-state index is 5.07. The van der Waals surface area contributed by atoms with Crippen LogP contribution in [0.25, 0.3) is 93.7 Å². The van der Waals surface area contributed by atoms with E-state index in [0.717, 1.165) is 60.9 Å². The van der Waals surface area contributed by atoms with Gasteiger partial charge in [0.05, 0.1) is 16.6 Å². The van der Waals surface area contributed by atoms with E-state index in [4.69, 9.17) is 9.97 Å². The molecule has 0 saturated carbocycles. The summed E-state index contributed by atoms with van der Waals surface area (Å²) in [6.45, 7) is 0. The summed E-state index contributed by atoms with van der Waals surface area (Å²) in [7, 11) is 0. The maximum Gasteiger partial charge on any atom is 0.227 e. The molecule has 0 aliphatic heterocycles. The molecule has 4 heteroatoms. The van der Waals surface area contributed by atoms with Crippen LogP contribution < -0.4 is 5.32 Å². The minimum Gasteiger partial charge on any atom is -0.324 e. The van der Waals surface area contributed by atoms with Gasteiger partial charge in [-0.05, 0) is 98.9 Å². The lowest BCUT2D eigenvalue weighted by atomic mass is 9.94. The molecule has 0 bridgehead atoms. The first-order valence-electron chi connectivity index (χ1n) is 19.6. The first-order valence-corrected chi connectivity index (χ1v) is 19.6. The number of nitrogens with one attached hydrogen (secondary N) is 1. The van der Waals surface area contributed by atoms with E-state index in [0.29, 0.717) is 5.95 Å². The summed E-state index contributed by atoms with van der Waals surface area (Å²) < 4.78 is 2.38. The van der Waals surface area contributed by atoms with Crippen LogP contribution in [0.2, 0.25) is 0 Å². The molecule has 0 saturated heterocycles. The second kappa shape index (κ2) is 14.0. The molecule has 11 aromatic rings. The van der Waals surface area contributed by atoms with E-state index in [1.807, 2.05) is 6.20 Å². The predicted molar refractivity (Wildman–Crippen MR) is 243 cm³/mol. The van der Waals surface area contributed by atoms with Gasteiger partial charge < -0.3 is 9.88 Å². The van der Waals surface area contributed by atoms with Gasteiger partial charge in [-0.1, -0.05) is 152 Å². The van der Waals surface area contributed by atoms with Crippen LogP contribution in [0.5, 0.6) is 0 Å². The Balaban J connectivity index is 1.08. The molecule has 11 rings (SSSR count). The van der Waals surface area contributed by atoms with Gasteiger partial charge in [-0.2, -0.15) is 0 Å². The zero-order chi connectivity index (χ0) is 38.4. The third-order valence-electron chi connectivity index (χ3n) is 11.2. The summed E-state index contributed by atoms with van der Waals surface area (Å²) in [5.74, 6) is 0.557. The monoisotopic (exact) mass is 740 g/mol. The Hall–Kier alpha value is -7.82. The first kappa shape index (κ1) is 33.5. The van der Waals surface area contributed by atoms with Crippen LogP contribution in [0, 0.1) is 0 Å². The van der Waals surface area contributed by atoms with Crippen molar-refractivity contribution in [1.29, 1.82) is 0 Å². The van der Waals surface area contributed by atoms with Crippen molar-refractivity contribution in [2.75, 3.05) is 5.32 Å². The topological polar surface area (TPSA) is 42.7 Å². The van der Waals surface area contributed by atoms with Gasteiger partial charge in [0.15, 0.2) is 0 Å². The summed E-state index contributed by atoms with van der Waals surface area (Å²) >= 11 is 0. The van der Waals surface area contributed by atoms with E-state index in [9.17, 15) is 0 Å². The minimum absolute atomic E-state index is 0.557. The van der Waals surface area contributed by atoms with Gasteiger partial charge in [-0.15, -0.1) is 0 Å². The lowest BCUT2D eigenvalue weighted by molar-refractivity contribution is 1.18. The molecule has 0 unspecified atom stereocenters. The Kier molecular flexibility index (Phi) is 8.11. The van der Waals surface area contributed by atoms with Gasteiger partial charge in [0.2, 0.25) is 5.95 Å². The molecular weight excluding hydrogens is 705 g/mol. The van der Waals surface area contributed by atoms with Crippen molar-refractivity contribution in [3.63, 3.8) is 0 Å². The van der Waals surface area contributed by atoms with Crippen molar-refractivity contribution < 1.29 is 0 Å². The summed E-state index contributed by atoms with van der Waals surface area (Å²) in [6.07, 6.45) is 1.91. The molecule has 272 valence electrons. The highest BCUT2D eigenvalue weighted by Gasteiger charge is 2.17. The molecule has 58 heavy (non-hydrogen) atoms. The molecule has 2 heterocycles. The molecule has 1 N–H and O–H groups in total. The van der Waals surface area contributed by atoms with E-state index in [-0.39, 0.29) is 0 Å². The SMILES string of the molecule is c1ccc(-c2cccc(-c3cc(-c4ccc5c(c4)c4cc(-c6ccccc6)ccc4n5-c4ccccc4)ccc3Nc3ncc4ccc5ccccc5c4n3)c2)cc1. The minimum atomic E-state index is 0.557. The summed E-state index contributed by atoms with van der Waals surface area (Å²) in [5, 5.41) is 9.34. The smallest absolute Gasteiger partial charge is 0.227 e. The van der Waals surface area contributed by atoms with Crippen molar-refractivity contribution in [1.82, 2.24) is 14.5 Å². The van der Waals surface area contributed by atoms with E-state index in [2.05, 4.69) is 216 Å². The van der Waals surface area contributed by atoms with Crippen LogP contribution in [-0.4, -0.2) is 14.5 Å². The maximum absolute atomic E-state index is 5.07. The Bertz CT molecular complexity index is 3300. The molecule has 9 aromatic carbocycles. The van der Waals surface area contributed by atoms with Gasteiger partial charge in [-0.3, -0.25) is 0 Å². The number of anilines is 2. The normalized spacial score (nSPS) is 11.4. The second-order valence-electron chi connectivity index (χ2n) is 14.8. The van der Waals surface area contributed by atoms with Crippen molar-refractivity contribution in [3.8, 4) is 50.2 Å². The van der Waals surface area contributed by atoms with Crippen molar-refractivity contribution in [2.45, 2.75) is 0 Å². The summed E-state index contributed by atoms with van der Waals surface area (Å²) in [4.78, 5) is 9.86. The van der Waals surface area contributed by atoms with E-state index < -0.39 is 0 Å². The Morgan fingerprint density at radius 3 is 1.66 bits per heavy atom. The molecule has 0 aliphatic carbocycles. The van der Waals surface area contributed by atoms with E-state index >= 15 is 0 Å². The first-order chi connectivity index (χ1) is 28.7. The van der Waals surface area contributed by atoms with E-state index in [1.165, 1.54) is 38.5 Å². The lowest BCUT2D eigenvalue weighted by Crippen LogP contribution is -2.00. The molecule has 0 spiro atoms. The average Bonchev–Trinajstić information content (AvgIpc) is 3.63. The largest absolute Gasteiger partial charge is 0.324 e. The number of hydrogen-bond acceptors (Lipinski definition) is 3. The molecule has 0 amide bonds. The quantitative estimate of drug-likeness (QED) is 0.165. The highest BCUT2D eigenvalue weighted by atomic mass is 15.1. The van der Waals surface area contributed by atoms with Gasteiger partial charge in [-0.25, -0.2) is 9.97 Å². The highest BCUT2D eigenvalue weighted by molar-refractivity contribution is 6.12. The van der Waals surface area contributed by atoms with Gasteiger partial charge in [0.25, 0.3) is 0 Å². The number of aromatic nitrogens is 3. The van der Waals surface area contributed by atoms with Gasteiger partial charge >= 0.3 is 0 Å². The zero-order valence-electron chi connectivity index (χ0n) is 31.5. The fourth-order valence-electron chi connectivity index (χ4n) is 8.38. The molecule has 0 radical (unpaired) electrons. The average molecular weight is 741 g/mol. The Morgan fingerprint density at radius 2 is 0.931 bits per heavy atom. The van der Waals surface area contributed by atoms with Crippen LogP contribution in [-0.2, 0) is 0 Å². The third-order valence-corrected chi connectivity index (χ3v) is 11.2. The van der Waals surface area contributed by atoms with Crippen molar-refractivity contribution in [2.24, 2.45) is 0 Å². The van der Waals surface area contributed by atoms with Gasteiger partial charge in [0, 0.05) is 44.7 Å². The van der Waals surface area contributed by atoms with Crippen LogP contribution in [0.15, 0.2) is 212 Å². The number of rotatable bonds is 7. The molecule has 4 nitrogen and oxygen atoms in total. The second-order valence-corrected chi connectivity index (χ2v) is 14.8. The third kappa shape index (κ3) is 5.96. The van der Waals surface area contributed by atoms with Crippen LogP contribution >= 0.6 is 0 Å². The molecule has 0 fully saturated rings. The summed E-state index contributed by atoms with van der Waals surface area (Å²) in [5.41, 5.74) is 14.5. The lowest BCUT2D eigenvalue weighted by Gasteiger charge is -2.15. The molecule has 0 atom stereocenters. The standard InChI is InChI=1S/C54H36N4/c1-4-13-36(14-5-1)39-18-12-19-43(31-39)47-32-41(25-28-50(47)56-54-55-35-44-24-23-38-17-10-11-22-46(38)53(44)57-54)42-27-30-52-49(34-42)48-33-40(37-15-6-2-7-16-37)26-29-51(48)58(52)45-20-8-3-9-21-45/h1-35H,(H,55,56,57). The number of hydrogen-bond donors (Lipinski definition) is 1. The van der Waals surface area contributed by atoms with Crippen molar-refractivity contribution >= 4 is 55.1 Å². The number of fused-ring (bicyclic) bond motifs is 6. The molecular formula is C54H36N4. The predicted octanol–water partition coefficient (Wildman–Crippen LogP) is 14.3. The fourth-order valence-corrected chi connectivity index (χ4v) is 8.38. The number of benzene rings is 9. The number of para-hydroxylation sites is 1. The zero-order valence-corrected chi connectivity index (χ0v) is 31.5. The van der Waals surface area contributed by atoms with Crippen LogP contribution in [0.1, 0.15) is 0 Å². The Labute approximate surface area is 336 Å². The van der Waals surface area contributed by atoms with E-state index in [1.54, 1.807) is 0 Å². The fraction of sp³-hybridized carbons (Fsp3) is 0. The molecule has 0 aliphatic rings. The highest BCUT2D eigenvalue weighted by Crippen LogP contribution is 2.40. The van der Waals surface area contributed by atoms with Crippen LogP contribution in [0.4, 0.5) is 11.6 Å². The molecule has 2 aromatic heterocycles. The van der Waals surface area contributed by atoms with Gasteiger partial charge in [0.1, 0.15) is 0 Å². The Morgan fingerprint density at radius 1 is 0.379 bits per heavy atom. The van der Waals surface area contributed by atoms with Crippen LogP contribution in [0.3, 0.4) is 0 Å².